The predicted octanol–water partition coefficient (Wildman–Crippen LogP) is 2.19. The molecule has 25 heavy (non-hydrogen) atoms. The Morgan fingerprint density at radius 1 is 1.24 bits per heavy atom. The summed E-state index contributed by atoms with van der Waals surface area (Å²) in [6.07, 6.45) is -4.44. The maximum atomic E-state index is 12.9. The van der Waals surface area contributed by atoms with Crippen LogP contribution < -0.4 is 10.6 Å². The minimum absolute atomic E-state index is 0.00772. The number of imide groups is 1. The second kappa shape index (κ2) is 6.21. The molecule has 1 aromatic rings. The van der Waals surface area contributed by atoms with E-state index in [1.54, 1.807) is 0 Å². The smallest absolute Gasteiger partial charge is 0.334 e. The fourth-order valence-electron chi connectivity index (χ4n) is 2.90. The number of hydrogen-bond acceptors (Lipinski definition) is 3. The van der Waals surface area contributed by atoms with Gasteiger partial charge in [0.25, 0.3) is 5.91 Å². The summed E-state index contributed by atoms with van der Waals surface area (Å²) in [6, 6.07) is 0.825. The zero-order chi connectivity index (χ0) is 18.4. The van der Waals surface area contributed by atoms with Crippen LogP contribution in [0.4, 0.5) is 18.0 Å². The summed E-state index contributed by atoms with van der Waals surface area (Å²) in [5.41, 5.74) is 0.0443. The molecule has 2 aliphatic heterocycles. The van der Waals surface area contributed by atoms with Crippen LogP contribution in [0.2, 0.25) is 5.02 Å². The molecule has 1 saturated heterocycles. The Balaban J connectivity index is 1.64. The van der Waals surface area contributed by atoms with Crippen molar-refractivity contribution in [1.82, 2.24) is 15.5 Å². The van der Waals surface area contributed by atoms with Gasteiger partial charge in [0.1, 0.15) is 6.04 Å². The summed E-state index contributed by atoms with van der Waals surface area (Å²) in [6.45, 7) is 0.215. The molecule has 6 nitrogen and oxygen atoms in total. The highest BCUT2D eigenvalue weighted by Gasteiger charge is 2.36. The number of fused-ring (bicyclic) bond motifs is 1. The number of benzene rings is 1. The molecule has 1 fully saturated rings. The average Bonchev–Trinajstić information content (AvgIpc) is 3.05. The normalized spacial score (nSPS) is 19.7. The molecule has 2 aliphatic rings. The van der Waals surface area contributed by atoms with E-state index in [1.807, 2.05) is 0 Å². The molecule has 1 atom stereocenters. The van der Waals surface area contributed by atoms with E-state index in [0.29, 0.717) is 11.1 Å². The van der Waals surface area contributed by atoms with Gasteiger partial charge < -0.3 is 10.2 Å². The molecule has 2 N–H and O–H groups in total. The molecule has 0 aromatic heterocycles. The summed E-state index contributed by atoms with van der Waals surface area (Å²) >= 11 is 5.69. The van der Waals surface area contributed by atoms with Gasteiger partial charge in [0.2, 0.25) is 5.91 Å². The van der Waals surface area contributed by atoms with E-state index in [-0.39, 0.29) is 31.8 Å². The van der Waals surface area contributed by atoms with E-state index in [9.17, 15) is 27.6 Å². The number of alkyl halides is 3. The van der Waals surface area contributed by atoms with Gasteiger partial charge in [-0.2, -0.15) is 13.2 Å². The second-order valence-corrected chi connectivity index (χ2v) is 6.31. The number of amides is 4. The lowest BCUT2D eigenvalue weighted by Crippen LogP contribution is -2.32. The van der Waals surface area contributed by atoms with E-state index in [4.69, 9.17) is 11.6 Å². The first-order valence-electron chi connectivity index (χ1n) is 7.43. The second-order valence-electron chi connectivity index (χ2n) is 5.90. The molecule has 2 heterocycles. The average molecular weight is 376 g/mol. The molecule has 1 unspecified atom stereocenters. The third-order valence-electron chi connectivity index (χ3n) is 4.18. The maximum absolute atomic E-state index is 12.9. The van der Waals surface area contributed by atoms with E-state index < -0.39 is 34.7 Å². The lowest BCUT2D eigenvalue weighted by Gasteiger charge is -2.16. The Bertz CT molecular complexity index is 766. The summed E-state index contributed by atoms with van der Waals surface area (Å²) in [4.78, 5) is 36.1. The summed E-state index contributed by atoms with van der Waals surface area (Å²) in [7, 11) is 0. The van der Waals surface area contributed by atoms with Crippen LogP contribution in [0, 0.1) is 0 Å². The van der Waals surface area contributed by atoms with Crippen molar-refractivity contribution in [3.05, 3.63) is 33.8 Å². The van der Waals surface area contributed by atoms with E-state index >= 15 is 0 Å². The van der Waals surface area contributed by atoms with Gasteiger partial charge in [-0.1, -0.05) is 11.6 Å². The molecular formula is C15H13ClF3N3O3. The molecule has 3 rings (SSSR count). The van der Waals surface area contributed by atoms with Crippen LogP contribution in [-0.2, 0) is 28.9 Å². The Labute approximate surface area is 145 Å². The lowest BCUT2D eigenvalue weighted by atomic mass is 10.1. The van der Waals surface area contributed by atoms with E-state index in [1.165, 1.54) is 11.0 Å². The number of halogens is 4. The van der Waals surface area contributed by atoms with Crippen molar-refractivity contribution in [2.24, 2.45) is 0 Å². The molecule has 4 amide bonds. The fourth-order valence-corrected chi connectivity index (χ4v) is 3.20. The van der Waals surface area contributed by atoms with Crippen LogP contribution in [0.3, 0.4) is 0 Å². The molecule has 134 valence electrons. The maximum Gasteiger partial charge on any atom is 0.417 e. The van der Waals surface area contributed by atoms with Crippen LogP contribution in [-0.4, -0.2) is 28.8 Å². The van der Waals surface area contributed by atoms with Crippen molar-refractivity contribution in [3.8, 4) is 0 Å². The van der Waals surface area contributed by atoms with Crippen molar-refractivity contribution < 1.29 is 27.6 Å². The largest absolute Gasteiger partial charge is 0.417 e. The van der Waals surface area contributed by atoms with Gasteiger partial charge in [0, 0.05) is 19.5 Å². The predicted molar refractivity (Wildman–Crippen MR) is 80.4 cm³/mol. The monoisotopic (exact) mass is 375 g/mol. The number of carbonyl (C=O) groups is 3. The summed E-state index contributed by atoms with van der Waals surface area (Å²) in [5.74, 6) is -0.807. The van der Waals surface area contributed by atoms with Crippen molar-refractivity contribution >= 4 is 29.4 Å². The number of carbonyl (C=O) groups excluding carboxylic acids is 3. The Kier molecular flexibility index (Phi) is 4.36. The highest BCUT2D eigenvalue weighted by atomic mass is 35.5. The molecule has 0 bridgehead atoms. The van der Waals surface area contributed by atoms with E-state index in [2.05, 4.69) is 10.6 Å². The first-order valence-corrected chi connectivity index (χ1v) is 7.80. The topological polar surface area (TPSA) is 78.5 Å². The van der Waals surface area contributed by atoms with Crippen LogP contribution in [0.15, 0.2) is 12.1 Å². The first-order chi connectivity index (χ1) is 11.6. The molecule has 0 aliphatic carbocycles. The van der Waals surface area contributed by atoms with E-state index in [0.717, 1.165) is 6.07 Å². The SMILES string of the molecule is O=C1NC(=O)C(CCC(=O)N2Cc3cc(Cl)c(C(F)(F)F)cc3C2)N1. The molecular weight excluding hydrogens is 363 g/mol. The number of rotatable bonds is 3. The minimum Gasteiger partial charge on any atom is -0.334 e. The van der Waals surface area contributed by atoms with Gasteiger partial charge in [-0.25, -0.2) is 4.79 Å². The Morgan fingerprint density at radius 3 is 2.44 bits per heavy atom. The standard InChI is InChI=1S/C15H13ClF3N3O3/c16-10-4-8-6-22(5-7(8)3-9(10)15(17,18)19)12(23)2-1-11-13(24)21-14(25)20-11/h3-4,11H,1-2,5-6H2,(H2,20,21,24,25). The third kappa shape index (κ3) is 3.55. The summed E-state index contributed by atoms with van der Waals surface area (Å²) < 4.78 is 38.7. The van der Waals surface area contributed by atoms with Crippen LogP contribution in [0.5, 0.6) is 0 Å². The van der Waals surface area contributed by atoms with Crippen molar-refractivity contribution in [2.45, 2.75) is 38.1 Å². The minimum atomic E-state index is -4.56. The highest BCUT2D eigenvalue weighted by molar-refractivity contribution is 6.31. The molecule has 0 spiro atoms. The van der Waals surface area contributed by atoms with Crippen molar-refractivity contribution in [3.63, 3.8) is 0 Å². The quantitative estimate of drug-likeness (QED) is 0.795. The van der Waals surface area contributed by atoms with Crippen molar-refractivity contribution in [2.75, 3.05) is 0 Å². The number of nitrogens with one attached hydrogen (secondary N) is 2. The fraction of sp³-hybridized carbons (Fsp3) is 0.400. The van der Waals surface area contributed by atoms with Crippen molar-refractivity contribution in [1.29, 1.82) is 0 Å². The summed E-state index contributed by atoms with van der Waals surface area (Å²) in [5, 5.41) is 4.05. The highest BCUT2D eigenvalue weighted by Crippen LogP contribution is 2.38. The van der Waals surface area contributed by atoms with Gasteiger partial charge in [-0.05, 0) is 29.7 Å². The first kappa shape index (κ1) is 17.5. The molecule has 0 radical (unpaired) electrons. The van der Waals surface area contributed by atoms with Crippen LogP contribution in [0.1, 0.15) is 29.5 Å². The third-order valence-corrected chi connectivity index (χ3v) is 4.49. The zero-order valence-corrected chi connectivity index (χ0v) is 13.5. The number of hydrogen-bond donors (Lipinski definition) is 2. The van der Waals surface area contributed by atoms with Gasteiger partial charge in [-0.3, -0.25) is 14.9 Å². The Hall–Kier alpha value is -2.29. The zero-order valence-electron chi connectivity index (χ0n) is 12.7. The van der Waals surface area contributed by atoms with Crippen LogP contribution >= 0.6 is 11.6 Å². The van der Waals surface area contributed by atoms with Gasteiger partial charge in [0.05, 0.1) is 10.6 Å². The Morgan fingerprint density at radius 2 is 1.88 bits per heavy atom. The number of urea groups is 1. The molecule has 1 aromatic carbocycles. The lowest BCUT2D eigenvalue weighted by molar-refractivity contribution is -0.137. The molecule has 0 saturated carbocycles. The molecule has 10 heteroatoms. The van der Waals surface area contributed by atoms with Gasteiger partial charge in [0.15, 0.2) is 0 Å². The number of nitrogens with zero attached hydrogens (tertiary/aromatic N) is 1. The van der Waals surface area contributed by atoms with Gasteiger partial charge >= 0.3 is 12.2 Å². The van der Waals surface area contributed by atoms with Crippen LogP contribution in [0.25, 0.3) is 0 Å². The van der Waals surface area contributed by atoms with Gasteiger partial charge in [-0.15, -0.1) is 0 Å².